The van der Waals surface area contributed by atoms with Gasteiger partial charge in [0, 0.05) is 31.6 Å². The monoisotopic (exact) mass is 301 g/mol. The summed E-state index contributed by atoms with van der Waals surface area (Å²) >= 11 is 0. The summed E-state index contributed by atoms with van der Waals surface area (Å²) in [5, 5.41) is 9.27. The van der Waals surface area contributed by atoms with Gasteiger partial charge in [-0.05, 0) is 12.8 Å². The zero-order chi connectivity index (χ0) is 15.8. The van der Waals surface area contributed by atoms with E-state index in [-0.39, 0.29) is 17.5 Å². The highest BCUT2D eigenvalue weighted by atomic mass is 16.5. The average Bonchev–Trinajstić information content (AvgIpc) is 3.01. The van der Waals surface area contributed by atoms with E-state index in [0.717, 1.165) is 18.4 Å². The second-order valence-corrected chi connectivity index (χ2v) is 4.89. The van der Waals surface area contributed by atoms with E-state index in [9.17, 15) is 9.59 Å². The summed E-state index contributed by atoms with van der Waals surface area (Å²) < 4.78 is 5.18. The number of unbranched alkanes of at least 4 members (excludes halogenated alkanes) is 1. The van der Waals surface area contributed by atoms with Gasteiger partial charge >= 0.3 is 0 Å². The summed E-state index contributed by atoms with van der Waals surface area (Å²) in [6, 6.07) is 11.1. The Morgan fingerprint density at radius 2 is 1.77 bits per heavy atom. The van der Waals surface area contributed by atoms with E-state index in [1.807, 2.05) is 30.3 Å². The van der Waals surface area contributed by atoms with Crippen molar-refractivity contribution in [1.29, 1.82) is 0 Å². The lowest BCUT2D eigenvalue weighted by Crippen LogP contribution is -2.26. The van der Waals surface area contributed by atoms with Gasteiger partial charge in [0.05, 0.1) is 0 Å². The standard InChI is InChI=1S/C16H19N3O3/c1-12(20)17-9-5-6-10-18-16(21)14-11-15(22-19-14)13-7-3-2-4-8-13/h2-4,7-8,11H,5-6,9-10H2,1H3,(H,17,20)(H,18,21). The maximum atomic E-state index is 11.9. The van der Waals surface area contributed by atoms with Gasteiger partial charge in [0.15, 0.2) is 11.5 Å². The molecule has 2 rings (SSSR count). The number of carbonyl (C=O) groups is 2. The molecule has 6 nitrogen and oxygen atoms in total. The molecule has 1 aromatic heterocycles. The molecule has 22 heavy (non-hydrogen) atoms. The molecule has 0 fully saturated rings. The maximum absolute atomic E-state index is 11.9. The van der Waals surface area contributed by atoms with Crippen LogP contribution in [-0.4, -0.2) is 30.1 Å². The van der Waals surface area contributed by atoms with Crippen LogP contribution >= 0.6 is 0 Å². The molecule has 0 aliphatic heterocycles. The quantitative estimate of drug-likeness (QED) is 0.766. The zero-order valence-electron chi connectivity index (χ0n) is 12.5. The molecule has 2 amide bonds. The fraction of sp³-hybridized carbons (Fsp3) is 0.312. The fourth-order valence-corrected chi connectivity index (χ4v) is 1.93. The first-order valence-corrected chi connectivity index (χ1v) is 7.21. The molecule has 116 valence electrons. The van der Waals surface area contributed by atoms with Crippen LogP contribution in [-0.2, 0) is 4.79 Å². The number of amides is 2. The van der Waals surface area contributed by atoms with Gasteiger partial charge in [-0.15, -0.1) is 0 Å². The van der Waals surface area contributed by atoms with Gasteiger partial charge < -0.3 is 15.2 Å². The van der Waals surface area contributed by atoms with E-state index in [1.54, 1.807) is 6.07 Å². The molecule has 2 aromatic rings. The summed E-state index contributed by atoms with van der Waals surface area (Å²) in [5.74, 6) is 0.266. The normalized spacial score (nSPS) is 10.2. The van der Waals surface area contributed by atoms with Crippen molar-refractivity contribution < 1.29 is 14.1 Å². The number of hydrogen-bond donors (Lipinski definition) is 2. The smallest absolute Gasteiger partial charge is 0.273 e. The summed E-state index contributed by atoms with van der Waals surface area (Å²) in [4.78, 5) is 22.6. The van der Waals surface area contributed by atoms with Crippen LogP contribution in [0.3, 0.4) is 0 Å². The van der Waals surface area contributed by atoms with Gasteiger partial charge in [0.1, 0.15) is 0 Å². The average molecular weight is 301 g/mol. The van der Waals surface area contributed by atoms with E-state index in [4.69, 9.17) is 4.52 Å². The van der Waals surface area contributed by atoms with Crippen LogP contribution in [0.1, 0.15) is 30.3 Å². The molecule has 0 saturated heterocycles. The lowest BCUT2D eigenvalue weighted by molar-refractivity contribution is -0.118. The minimum absolute atomic E-state index is 0.0416. The minimum Gasteiger partial charge on any atom is -0.356 e. The van der Waals surface area contributed by atoms with E-state index in [1.165, 1.54) is 6.92 Å². The molecule has 1 aromatic carbocycles. The van der Waals surface area contributed by atoms with E-state index < -0.39 is 0 Å². The molecular weight excluding hydrogens is 282 g/mol. The molecule has 0 spiro atoms. The SMILES string of the molecule is CC(=O)NCCCCNC(=O)c1cc(-c2ccccc2)on1. The lowest BCUT2D eigenvalue weighted by Gasteiger charge is -2.03. The molecule has 1 heterocycles. The topological polar surface area (TPSA) is 84.2 Å². The van der Waals surface area contributed by atoms with Crippen LogP contribution in [0.5, 0.6) is 0 Å². The van der Waals surface area contributed by atoms with Crippen molar-refractivity contribution in [2.24, 2.45) is 0 Å². The van der Waals surface area contributed by atoms with Gasteiger partial charge in [-0.2, -0.15) is 0 Å². The third kappa shape index (κ3) is 4.73. The Labute approximate surface area is 128 Å². The molecule has 0 saturated carbocycles. The Kier molecular flexibility index (Phi) is 5.71. The van der Waals surface area contributed by atoms with Crippen LogP contribution in [0.15, 0.2) is 40.9 Å². The van der Waals surface area contributed by atoms with Crippen LogP contribution in [0.4, 0.5) is 0 Å². The van der Waals surface area contributed by atoms with Crippen molar-refractivity contribution in [1.82, 2.24) is 15.8 Å². The summed E-state index contributed by atoms with van der Waals surface area (Å²) in [6.45, 7) is 2.63. The number of aromatic nitrogens is 1. The third-order valence-electron chi connectivity index (χ3n) is 3.06. The Bertz CT molecular complexity index is 623. The Hall–Kier alpha value is -2.63. The van der Waals surface area contributed by atoms with Gasteiger partial charge in [0.25, 0.3) is 5.91 Å². The van der Waals surface area contributed by atoms with Crippen molar-refractivity contribution in [2.75, 3.05) is 13.1 Å². The Morgan fingerprint density at radius 3 is 2.45 bits per heavy atom. The first kappa shape index (κ1) is 15.8. The fourth-order valence-electron chi connectivity index (χ4n) is 1.93. The van der Waals surface area contributed by atoms with E-state index >= 15 is 0 Å². The molecule has 6 heteroatoms. The molecular formula is C16H19N3O3. The van der Waals surface area contributed by atoms with Crippen molar-refractivity contribution >= 4 is 11.8 Å². The van der Waals surface area contributed by atoms with Crippen molar-refractivity contribution in [2.45, 2.75) is 19.8 Å². The Morgan fingerprint density at radius 1 is 1.09 bits per heavy atom. The molecule has 0 aliphatic rings. The molecule has 0 unspecified atom stereocenters. The number of carbonyl (C=O) groups excluding carboxylic acids is 2. The van der Waals surface area contributed by atoms with E-state index in [0.29, 0.717) is 18.8 Å². The van der Waals surface area contributed by atoms with Crippen molar-refractivity contribution in [3.8, 4) is 11.3 Å². The number of hydrogen-bond acceptors (Lipinski definition) is 4. The van der Waals surface area contributed by atoms with Crippen LogP contribution < -0.4 is 10.6 Å². The summed E-state index contributed by atoms with van der Waals surface area (Å²) in [7, 11) is 0. The van der Waals surface area contributed by atoms with Crippen LogP contribution in [0.2, 0.25) is 0 Å². The maximum Gasteiger partial charge on any atom is 0.273 e. The van der Waals surface area contributed by atoms with Crippen molar-refractivity contribution in [3.05, 3.63) is 42.1 Å². The second-order valence-electron chi connectivity index (χ2n) is 4.89. The molecule has 0 radical (unpaired) electrons. The van der Waals surface area contributed by atoms with Gasteiger partial charge in [-0.25, -0.2) is 0 Å². The second kappa shape index (κ2) is 7.97. The minimum atomic E-state index is -0.259. The number of nitrogens with zero attached hydrogens (tertiary/aromatic N) is 1. The number of rotatable bonds is 7. The summed E-state index contributed by atoms with van der Waals surface area (Å²) in [5.41, 5.74) is 1.14. The number of benzene rings is 1. The first-order valence-electron chi connectivity index (χ1n) is 7.21. The van der Waals surface area contributed by atoms with Crippen LogP contribution in [0.25, 0.3) is 11.3 Å². The van der Waals surface area contributed by atoms with Gasteiger partial charge in [0.2, 0.25) is 5.91 Å². The highest BCUT2D eigenvalue weighted by molar-refractivity contribution is 5.93. The lowest BCUT2D eigenvalue weighted by atomic mass is 10.1. The first-order chi connectivity index (χ1) is 10.7. The largest absolute Gasteiger partial charge is 0.356 e. The predicted molar refractivity (Wildman–Crippen MR) is 82.2 cm³/mol. The third-order valence-corrected chi connectivity index (χ3v) is 3.06. The molecule has 0 atom stereocenters. The highest BCUT2D eigenvalue weighted by Gasteiger charge is 2.12. The Balaban J connectivity index is 1.77. The number of nitrogens with one attached hydrogen (secondary N) is 2. The molecule has 2 N–H and O–H groups in total. The van der Waals surface area contributed by atoms with Crippen LogP contribution in [0, 0.1) is 0 Å². The predicted octanol–water partition coefficient (Wildman–Crippen LogP) is 1.99. The zero-order valence-corrected chi connectivity index (χ0v) is 12.5. The molecule has 0 aliphatic carbocycles. The van der Waals surface area contributed by atoms with Gasteiger partial charge in [-0.1, -0.05) is 35.5 Å². The molecule has 0 bridgehead atoms. The van der Waals surface area contributed by atoms with Crippen molar-refractivity contribution in [3.63, 3.8) is 0 Å². The van der Waals surface area contributed by atoms with E-state index in [2.05, 4.69) is 15.8 Å². The van der Waals surface area contributed by atoms with Gasteiger partial charge in [-0.3, -0.25) is 9.59 Å². The summed E-state index contributed by atoms with van der Waals surface area (Å²) in [6.07, 6.45) is 1.60. The highest BCUT2D eigenvalue weighted by Crippen LogP contribution is 2.19.